The molecule has 0 unspecified atom stereocenters. The van der Waals surface area contributed by atoms with Crippen molar-refractivity contribution in [3.8, 4) is 0 Å². The second-order valence-corrected chi connectivity index (χ2v) is 3.80. The molecule has 0 saturated heterocycles. The maximum Gasteiger partial charge on any atom is 0.132 e. The van der Waals surface area contributed by atoms with E-state index >= 15 is 0 Å². The van der Waals surface area contributed by atoms with Gasteiger partial charge in [-0.1, -0.05) is 17.7 Å². The number of hydrogen-bond donors (Lipinski definition) is 0. The molecule has 0 aliphatic rings. The zero-order valence-corrected chi connectivity index (χ0v) is 8.82. The van der Waals surface area contributed by atoms with Gasteiger partial charge in [-0.05, 0) is 32.6 Å². The van der Waals surface area contributed by atoms with Crippen molar-refractivity contribution in [1.82, 2.24) is 4.90 Å². The zero-order chi connectivity index (χ0) is 10.0. The Balaban J connectivity index is 3.10. The molecule has 0 aliphatic heterocycles. The molecule has 0 fully saturated rings. The van der Waals surface area contributed by atoms with Gasteiger partial charge in [-0.2, -0.15) is 0 Å². The van der Waals surface area contributed by atoms with Crippen LogP contribution in [0.25, 0.3) is 0 Å². The topological polar surface area (TPSA) is 3.24 Å². The molecule has 1 rings (SSSR count). The quantitative estimate of drug-likeness (QED) is 0.711. The molecular formula is C10H13ClFN. The minimum absolute atomic E-state index is 0.193. The van der Waals surface area contributed by atoms with Crippen LogP contribution >= 0.6 is 11.6 Å². The van der Waals surface area contributed by atoms with Crippen molar-refractivity contribution in [2.75, 3.05) is 14.1 Å². The average Bonchev–Trinajstić information content (AvgIpc) is 2.05. The van der Waals surface area contributed by atoms with Crippen molar-refractivity contribution >= 4 is 11.6 Å². The van der Waals surface area contributed by atoms with Crippen molar-refractivity contribution in [2.24, 2.45) is 0 Å². The lowest BCUT2D eigenvalue weighted by Gasteiger charge is -2.13. The highest BCUT2D eigenvalue weighted by atomic mass is 35.5. The van der Waals surface area contributed by atoms with Crippen LogP contribution in [-0.4, -0.2) is 19.0 Å². The minimum Gasteiger partial charge on any atom is -0.305 e. The number of aryl methyl sites for hydroxylation is 1. The highest BCUT2D eigenvalue weighted by molar-refractivity contribution is 6.31. The normalized spacial score (nSPS) is 10.9. The maximum absolute atomic E-state index is 13.5. The fraction of sp³-hybridized carbons (Fsp3) is 0.400. The van der Waals surface area contributed by atoms with Gasteiger partial charge in [0.2, 0.25) is 0 Å². The first-order chi connectivity index (χ1) is 6.02. The summed E-state index contributed by atoms with van der Waals surface area (Å²) in [6.07, 6.45) is 0. The van der Waals surface area contributed by atoms with Gasteiger partial charge in [0.25, 0.3) is 0 Å². The van der Waals surface area contributed by atoms with Gasteiger partial charge >= 0.3 is 0 Å². The summed E-state index contributed by atoms with van der Waals surface area (Å²) in [6.45, 7) is 2.27. The summed E-state index contributed by atoms with van der Waals surface area (Å²) >= 11 is 5.88. The summed E-state index contributed by atoms with van der Waals surface area (Å²) < 4.78 is 13.5. The van der Waals surface area contributed by atoms with Crippen LogP contribution in [0.1, 0.15) is 11.1 Å². The number of nitrogens with zero attached hydrogens (tertiary/aromatic N) is 1. The Morgan fingerprint density at radius 3 is 2.54 bits per heavy atom. The predicted molar refractivity (Wildman–Crippen MR) is 53.5 cm³/mol. The molecule has 0 spiro atoms. The smallest absolute Gasteiger partial charge is 0.132 e. The highest BCUT2D eigenvalue weighted by Gasteiger charge is 2.10. The fourth-order valence-corrected chi connectivity index (χ4v) is 1.38. The van der Waals surface area contributed by atoms with E-state index in [1.165, 1.54) is 0 Å². The molecule has 0 amide bonds. The summed E-state index contributed by atoms with van der Waals surface area (Å²) in [7, 11) is 3.77. The molecule has 3 heteroatoms. The minimum atomic E-state index is -0.193. The van der Waals surface area contributed by atoms with Crippen molar-refractivity contribution in [2.45, 2.75) is 13.5 Å². The van der Waals surface area contributed by atoms with E-state index in [9.17, 15) is 4.39 Å². The monoisotopic (exact) mass is 201 g/mol. The largest absolute Gasteiger partial charge is 0.305 e. The third kappa shape index (κ3) is 2.42. The van der Waals surface area contributed by atoms with Crippen molar-refractivity contribution in [3.05, 3.63) is 34.1 Å². The first-order valence-electron chi connectivity index (χ1n) is 4.10. The van der Waals surface area contributed by atoms with Crippen molar-refractivity contribution in [3.63, 3.8) is 0 Å². The van der Waals surface area contributed by atoms with Crippen LogP contribution in [0.3, 0.4) is 0 Å². The molecule has 1 aromatic rings. The van der Waals surface area contributed by atoms with E-state index in [0.717, 1.165) is 0 Å². The third-order valence-corrected chi connectivity index (χ3v) is 2.21. The van der Waals surface area contributed by atoms with Crippen LogP contribution in [0.2, 0.25) is 5.02 Å². The Labute approximate surface area is 83.1 Å². The van der Waals surface area contributed by atoms with Gasteiger partial charge in [0, 0.05) is 17.1 Å². The Morgan fingerprint density at radius 1 is 1.38 bits per heavy atom. The Kier molecular flexibility index (Phi) is 3.28. The Bertz CT molecular complexity index is 310. The molecule has 0 aliphatic carbocycles. The molecule has 13 heavy (non-hydrogen) atoms. The maximum atomic E-state index is 13.5. The molecule has 0 bridgehead atoms. The van der Waals surface area contributed by atoms with Gasteiger partial charge in [-0.15, -0.1) is 0 Å². The third-order valence-electron chi connectivity index (χ3n) is 1.85. The predicted octanol–water partition coefficient (Wildman–Crippen LogP) is 2.85. The second-order valence-electron chi connectivity index (χ2n) is 3.39. The molecular weight excluding hydrogens is 189 g/mol. The van der Waals surface area contributed by atoms with Crippen LogP contribution < -0.4 is 0 Å². The van der Waals surface area contributed by atoms with Gasteiger partial charge in [0.1, 0.15) is 5.82 Å². The summed E-state index contributed by atoms with van der Waals surface area (Å²) in [5, 5.41) is 0.497. The highest BCUT2D eigenvalue weighted by Crippen LogP contribution is 2.22. The first kappa shape index (κ1) is 10.5. The number of rotatable bonds is 2. The summed E-state index contributed by atoms with van der Waals surface area (Å²) in [6, 6.07) is 3.43. The lowest BCUT2D eigenvalue weighted by Crippen LogP contribution is -2.12. The summed E-state index contributed by atoms with van der Waals surface area (Å²) in [5.74, 6) is -0.193. The van der Waals surface area contributed by atoms with E-state index in [1.54, 1.807) is 19.1 Å². The van der Waals surface area contributed by atoms with E-state index in [1.807, 2.05) is 19.0 Å². The Hall–Kier alpha value is -0.600. The molecule has 0 radical (unpaired) electrons. The SMILES string of the molecule is Cc1ccc(Cl)c(CN(C)C)c1F. The molecule has 0 atom stereocenters. The van der Waals surface area contributed by atoms with Crippen molar-refractivity contribution < 1.29 is 4.39 Å². The number of hydrogen-bond acceptors (Lipinski definition) is 1. The first-order valence-corrected chi connectivity index (χ1v) is 4.48. The van der Waals surface area contributed by atoms with E-state index in [2.05, 4.69) is 0 Å². The van der Waals surface area contributed by atoms with Crippen LogP contribution in [0.15, 0.2) is 12.1 Å². The van der Waals surface area contributed by atoms with E-state index in [-0.39, 0.29) is 5.82 Å². The molecule has 0 aromatic heterocycles. The molecule has 72 valence electrons. The number of halogens is 2. The second kappa shape index (κ2) is 4.07. The zero-order valence-electron chi connectivity index (χ0n) is 8.06. The van der Waals surface area contributed by atoms with Crippen LogP contribution in [-0.2, 0) is 6.54 Å². The van der Waals surface area contributed by atoms with Gasteiger partial charge in [-0.25, -0.2) is 4.39 Å². The molecule has 1 aromatic carbocycles. The fourth-order valence-electron chi connectivity index (χ4n) is 1.18. The van der Waals surface area contributed by atoms with E-state index in [0.29, 0.717) is 22.7 Å². The van der Waals surface area contributed by atoms with Gasteiger partial charge in [-0.3, -0.25) is 0 Å². The molecule has 0 saturated carbocycles. The standard InChI is InChI=1S/C10H13ClFN/c1-7-4-5-9(11)8(10(7)12)6-13(2)3/h4-5H,6H2,1-3H3. The molecule has 0 heterocycles. The van der Waals surface area contributed by atoms with Gasteiger partial charge in [0.15, 0.2) is 0 Å². The van der Waals surface area contributed by atoms with Crippen LogP contribution in [0.5, 0.6) is 0 Å². The summed E-state index contributed by atoms with van der Waals surface area (Å²) in [4.78, 5) is 1.89. The molecule has 1 nitrogen and oxygen atoms in total. The van der Waals surface area contributed by atoms with E-state index in [4.69, 9.17) is 11.6 Å². The van der Waals surface area contributed by atoms with Gasteiger partial charge < -0.3 is 4.90 Å². The Morgan fingerprint density at radius 2 is 2.00 bits per heavy atom. The van der Waals surface area contributed by atoms with Crippen LogP contribution in [0, 0.1) is 12.7 Å². The average molecular weight is 202 g/mol. The number of benzene rings is 1. The van der Waals surface area contributed by atoms with Crippen LogP contribution in [0.4, 0.5) is 4.39 Å². The van der Waals surface area contributed by atoms with Gasteiger partial charge in [0.05, 0.1) is 0 Å². The molecule has 0 N–H and O–H groups in total. The van der Waals surface area contributed by atoms with E-state index < -0.39 is 0 Å². The summed E-state index contributed by atoms with van der Waals surface area (Å²) in [5.41, 5.74) is 1.22. The lowest BCUT2D eigenvalue weighted by atomic mass is 10.1. The van der Waals surface area contributed by atoms with Crippen molar-refractivity contribution in [1.29, 1.82) is 0 Å². The lowest BCUT2D eigenvalue weighted by molar-refractivity contribution is 0.392.